The van der Waals surface area contributed by atoms with E-state index in [1.54, 1.807) is 0 Å². The number of ether oxygens (including phenoxy) is 1. The van der Waals surface area contributed by atoms with Gasteiger partial charge in [0.25, 0.3) is 0 Å². The van der Waals surface area contributed by atoms with Crippen LogP contribution in [0.3, 0.4) is 0 Å². The molecule has 2 aromatic rings. The molecule has 4 rings (SSSR count). The van der Waals surface area contributed by atoms with Crippen molar-refractivity contribution in [3.05, 3.63) is 71.8 Å². The summed E-state index contributed by atoms with van der Waals surface area (Å²) < 4.78 is 5.39. The van der Waals surface area contributed by atoms with Crippen LogP contribution < -0.4 is 0 Å². The van der Waals surface area contributed by atoms with E-state index in [2.05, 4.69) is 12.1 Å². The fraction of sp³-hybridized carbons (Fsp3) is 0.235. The predicted molar refractivity (Wildman–Crippen MR) is 71.8 cm³/mol. The Morgan fingerprint density at radius 3 is 2.05 bits per heavy atom. The Bertz CT molecular complexity index is 635. The maximum absolute atomic E-state index is 12.3. The maximum Gasteiger partial charge on any atom is 0.317 e. The van der Waals surface area contributed by atoms with Gasteiger partial charge in [-0.3, -0.25) is 4.79 Å². The fourth-order valence-electron chi connectivity index (χ4n) is 3.57. The van der Waals surface area contributed by atoms with Crippen LogP contribution in [0.15, 0.2) is 60.7 Å². The van der Waals surface area contributed by atoms with Gasteiger partial charge in [-0.15, -0.1) is 0 Å². The third-order valence-corrected chi connectivity index (χ3v) is 4.65. The summed E-state index contributed by atoms with van der Waals surface area (Å²) in [5.74, 6) is -0.0671. The standard InChI is InChI=1S/C17H14O2/c18-15-17(14-9-5-2-6-10-14)11-16(17,12-19-15)13-7-3-1-4-8-13/h1-10H,11-12H2/t16-,17-/m1/s1. The fourth-order valence-corrected chi connectivity index (χ4v) is 3.57. The van der Waals surface area contributed by atoms with Crippen LogP contribution in [0.1, 0.15) is 17.5 Å². The minimum atomic E-state index is -0.449. The van der Waals surface area contributed by atoms with E-state index in [1.807, 2.05) is 48.5 Å². The highest BCUT2D eigenvalue weighted by molar-refractivity contribution is 5.94. The Labute approximate surface area is 112 Å². The topological polar surface area (TPSA) is 26.3 Å². The molecule has 1 saturated carbocycles. The first-order valence-electron chi connectivity index (χ1n) is 6.58. The van der Waals surface area contributed by atoms with E-state index in [-0.39, 0.29) is 11.4 Å². The zero-order valence-corrected chi connectivity index (χ0v) is 10.5. The highest BCUT2D eigenvalue weighted by atomic mass is 16.5. The minimum absolute atomic E-state index is 0.0671. The SMILES string of the molecule is O=C1OC[C@@]2(c3ccccc3)C[C@@]12c1ccccc1. The van der Waals surface area contributed by atoms with E-state index in [4.69, 9.17) is 4.74 Å². The van der Waals surface area contributed by atoms with Crippen LogP contribution in [0.25, 0.3) is 0 Å². The van der Waals surface area contributed by atoms with Crippen LogP contribution in [0.5, 0.6) is 0 Å². The molecule has 2 heteroatoms. The normalized spacial score (nSPS) is 31.7. The zero-order valence-electron chi connectivity index (χ0n) is 10.5. The lowest BCUT2D eigenvalue weighted by Gasteiger charge is -2.14. The predicted octanol–water partition coefficient (Wildman–Crippen LogP) is 2.82. The Balaban J connectivity index is 1.87. The molecule has 2 atom stereocenters. The van der Waals surface area contributed by atoms with E-state index in [1.165, 1.54) is 5.56 Å². The number of hydrogen-bond acceptors (Lipinski definition) is 2. The lowest BCUT2D eigenvalue weighted by atomic mass is 9.84. The molecule has 94 valence electrons. The zero-order chi connectivity index (χ0) is 12.9. The molecular formula is C17H14O2. The number of rotatable bonds is 2. The molecule has 0 unspecified atom stereocenters. The number of carbonyl (C=O) groups excluding carboxylic acids is 1. The minimum Gasteiger partial charge on any atom is -0.464 e. The van der Waals surface area contributed by atoms with Gasteiger partial charge in [0, 0.05) is 0 Å². The molecule has 0 aromatic heterocycles. The number of esters is 1. The van der Waals surface area contributed by atoms with Crippen molar-refractivity contribution in [1.82, 2.24) is 0 Å². The largest absolute Gasteiger partial charge is 0.464 e. The van der Waals surface area contributed by atoms with Crippen molar-refractivity contribution in [2.45, 2.75) is 17.3 Å². The van der Waals surface area contributed by atoms with E-state index in [9.17, 15) is 4.79 Å². The van der Waals surface area contributed by atoms with Crippen molar-refractivity contribution < 1.29 is 9.53 Å². The van der Waals surface area contributed by atoms with Gasteiger partial charge >= 0.3 is 5.97 Å². The third kappa shape index (κ3) is 1.19. The molecule has 2 aliphatic rings. The highest BCUT2D eigenvalue weighted by Gasteiger charge is 2.78. The van der Waals surface area contributed by atoms with Crippen LogP contribution in [0.2, 0.25) is 0 Å². The second-order valence-electron chi connectivity index (χ2n) is 5.47. The molecule has 1 heterocycles. The number of cyclic esters (lactones) is 1. The van der Waals surface area contributed by atoms with E-state index in [0.717, 1.165) is 12.0 Å². The Morgan fingerprint density at radius 1 is 0.842 bits per heavy atom. The van der Waals surface area contributed by atoms with Crippen LogP contribution in [-0.2, 0) is 20.4 Å². The molecule has 2 aromatic carbocycles. The van der Waals surface area contributed by atoms with Crippen molar-refractivity contribution in [3.63, 3.8) is 0 Å². The van der Waals surface area contributed by atoms with Crippen LogP contribution in [0, 0.1) is 0 Å². The van der Waals surface area contributed by atoms with Gasteiger partial charge in [0.2, 0.25) is 0 Å². The second kappa shape index (κ2) is 3.47. The first kappa shape index (κ1) is 10.8. The molecule has 2 nitrogen and oxygen atoms in total. The summed E-state index contributed by atoms with van der Waals surface area (Å²) in [6, 6.07) is 20.3. The van der Waals surface area contributed by atoms with Crippen molar-refractivity contribution in [2.24, 2.45) is 0 Å². The van der Waals surface area contributed by atoms with Crippen molar-refractivity contribution in [2.75, 3.05) is 6.61 Å². The van der Waals surface area contributed by atoms with Gasteiger partial charge < -0.3 is 4.74 Å². The number of benzene rings is 2. The Morgan fingerprint density at radius 2 is 1.42 bits per heavy atom. The molecule has 0 amide bonds. The smallest absolute Gasteiger partial charge is 0.317 e. The highest BCUT2D eigenvalue weighted by Crippen LogP contribution is 2.69. The molecule has 0 radical (unpaired) electrons. The summed E-state index contributed by atoms with van der Waals surface area (Å²) in [5, 5.41) is 0. The summed E-state index contributed by atoms with van der Waals surface area (Å²) in [4.78, 5) is 12.3. The number of fused-ring (bicyclic) bond motifs is 1. The quantitative estimate of drug-likeness (QED) is 0.766. The molecule has 19 heavy (non-hydrogen) atoms. The van der Waals surface area contributed by atoms with Gasteiger partial charge in [-0.1, -0.05) is 60.7 Å². The van der Waals surface area contributed by atoms with Gasteiger partial charge in [0.15, 0.2) is 0 Å². The summed E-state index contributed by atoms with van der Waals surface area (Å²) in [6.45, 7) is 0.505. The van der Waals surface area contributed by atoms with Crippen LogP contribution >= 0.6 is 0 Å². The summed E-state index contributed by atoms with van der Waals surface area (Å²) >= 11 is 0. The lowest BCUT2D eigenvalue weighted by Crippen LogP contribution is -2.23. The number of carbonyl (C=O) groups is 1. The first-order chi connectivity index (χ1) is 9.30. The van der Waals surface area contributed by atoms with Crippen LogP contribution in [-0.4, -0.2) is 12.6 Å². The van der Waals surface area contributed by atoms with Gasteiger partial charge in [-0.2, -0.15) is 0 Å². The average Bonchev–Trinajstić information content (AvgIpc) is 3.11. The first-order valence-corrected chi connectivity index (χ1v) is 6.58. The van der Waals surface area contributed by atoms with Crippen molar-refractivity contribution in [3.8, 4) is 0 Å². The molecule has 0 spiro atoms. The van der Waals surface area contributed by atoms with Crippen molar-refractivity contribution >= 4 is 5.97 Å². The molecule has 0 bridgehead atoms. The Hall–Kier alpha value is -2.09. The van der Waals surface area contributed by atoms with E-state index < -0.39 is 5.41 Å². The van der Waals surface area contributed by atoms with E-state index in [0.29, 0.717) is 6.61 Å². The molecule has 1 saturated heterocycles. The average molecular weight is 250 g/mol. The third-order valence-electron chi connectivity index (χ3n) is 4.65. The molecule has 2 fully saturated rings. The summed E-state index contributed by atoms with van der Waals surface area (Å²) in [5.41, 5.74) is 1.70. The monoisotopic (exact) mass is 250 g/mol. The summed E-state index contributed by atoms with van der Waals surface area (Å²) in [7, 11) is 0. The molecule has 0 N–H and O–H groups in total. The van der Waals surface area contributed by atoms with Crippen molar-refractivity contribution in [1.29, 1.82) is 0 Å². The lowest BCUT2D eigenvalue weighted by molar-refractivity contribution is -0.142. The van der Waals surface area contributed by atoms with Gasteiger partial charge in [0.1, 0.15) is 12.0 Å². The van der Waals surface area contributed by atoms with E-state index >= 15 is 0 Å². The maximum atomic E-state index is 12.3. The Kier molecular flexibility index (Phi) is 1.97. The van der Waals surface area contributed by atoms with Gasteiger partial charge in [0.05, 0.1) is 5.41 Å². The second-order valence-corrected chi connectivity index (χ2v) is 5.47. The molecule has 1 aliphatic carbocycles. The summed E-state index contributed by atoms with van der Waals surface area (Å²) in [6.07, 6.45) is 0.868. The van der Waals surface area contributed by atoms with Gasteiger partial charge in [-0.05, 0) is 17.5 Å². The molecule has 1 aliphatic heterocycles. The molecular weight excluding hydrogens is 236 g/mol. The van der Waals surface area contributed by atoms with Gasteiger partial charge in [-0.25, -0.2) is 0 Å². The number of hydrogen-bond donors (Lipinski definition) is 0. The van der Waals surface area contributed by atoms with Crippen LogP contribution in [0.4, 0.5) is 0 Å².